The minimum absolute atomic E-state index is 0.0130. The van der Waals surface area contributed by atoms with E-state index in [1.54, 1.807) is 18.3 Å². The number of rotatable bonds is 8. The van der Waals surface area contributed by atoms with Gasteiger partial charge in [-0.25, -0.2) is 14.4 Å². The van der Waals surface area contributed by atoms with Gasteiger partial charge in [0, 0.05) is 36.8 Å². The van der Waals surface area contributed by atoms with Gasteiger partial charge in [-0.2, -0.15) is 5.26 Å². The van der Waals surface area contributed by atoms with Crippen molar-refractivity contribution < 1.29 is 18.7 Å². The van der Waals surface area contributed by atoms with Gasteiger partial charge in [0.05, 0.1) is 46.5 Å². The van der Waals surface area contributed by atoms with Gasteiger partial charge >= 0.3 is 0 Å². The molecule has 40 heavy (non-hydrogen) atoms. The predicted molar refractivity (Wildman–Crippen MR) is 150 cm³/mol. The zero-order valence-electron chi connectivity index (χ0n) is 23.3. The number of aromatic nitrogens is 2. The molecule has 0 saturated heterocycles. The Morgan fingerprint density at radius 1 is 1.27 bits per heavy atom. The summed E-state index contributed by atoms with van der Waals surface area (Å²) in [5.74, 6) is -0.706. The maximum atomic E-state index is 14.7. The summed E-state index contributed by atoms with van der Waals surface area (Å²) in [5, 5.41) is 18.9. The minimum Gasteiger partial charge on any atom is -0.488 e. The standard InChI is InChI=1S/C30H33FN6O3/c1-29(2,3)39-16-30(4)15-35-26-18(14-32)10-17(11-21(26)30)23-8-9-34-28(36-23)37-24-12-20(27(38)33-5)22(31)13-25(24)40-19-6-7-19/h8-13,19,35H,6-7,15-16H2,1-5H3,(H,33,38)(H,34,36,37). The maximum absolute atomic E-state index is 14.7. The molecule has 9 nitrogen and oxygen atoms in total. The van der Waals surface area contributed by atoms with E-state index in [0.29, 0.717) is 30.1 Å². The third-order valence-electron chi connectivity index (χ3n) is 6.94. The molecule has 5 rings (SSSR count). The molecule has 208 valence electrons. The number of amides is 1. The van der Waals surface area contributed by atoms with Gasteiger partial charge in [-0.05, 0) is 63.4 Å². The molecular formula is C30H33FN6O3. The van der Waals surface area contributed by atoms with Crippen molar-refractivity contribution in [3.05, 3.63) is 59.0 Å². The van der Waals surface area contributed by atoms with E-state index in [1.165, 1.54) is 19.2 Å². The molecule has 0 spiro atoms. The average molecular weight is 545 g/mol. The van der Waals surface area contributed by atoms with Gasteiger partial charge in [0.15, 0.2) is 0 Å². The number of anilines is 3. The first-order valence-electron chi connectivity index (χ1n) is 13.3. The van der Waals surface area contributed by atoms with E-state index in [1.807, 2.05) is 26.8 Å². The Bertz CT molecular complexity index is 1510. The highest BCUT2D eigenvalue weighted by atomic mass is 19.1. The highest BCUT2D eigenvalue weighted by molar-refractivity contribution is 5.96. The second-order valence-electron chi connectivity index (χ2n) is 11.5. The van der Waals surface area contributed by atoms with Gasteiger partial charge < -0.3 is 25.4 Å². The van der Waals surface area contributed by atoms with Crippen LogP contribution in [0.3, 0.4) is 0 Å². The summed E-state index contributed by atoms with van der Waals surface area (Å²) in [6.45, 7) is 9.32. The van der Waals surface area contributed by atoms with Crippen molar-refractivity contribution in [3.8, 4) is 23.1 Å². The lowest BCUT2D eigenvalue weighted by Crippen LogP contribution is -2.35. The number of carbonyl (C=O) groups is 1. The van der Waals surface area contributed by atoms with Crippen LogP contribution >= 0.6 is 0 Å². The van der Waals surface area contributed by atoms with Gasteiger partial charge in [-0.15, -0.1) is 0 Å². The minimum atomic E-state index is -0.676. The molecule has 1 amide bonds. The van der Waals surface area contributed by atoms with Crippen molar-refractivity contribution in [2.75, 3.05) is 30.8 Å². The first-order chi connectivity index (χ1) is 19.0. The fourth-order valence-corrected chi connectivity index (χ4v) is 4.55. The number of carbonyl (C=O) groups excluding carboxylic acids is 1. The van der Waals surface area contributed by atoms with E-state index in [-0.39, 0.29) is 34.4 Å². The summed E-state index contributed by atoms with van der Waals surface area (Å²) in [6.07, 6.45) is 3.39. The second kappa shape index (κ2) is 10.4. The Morgan fingerprint density at radius 3 is 2.73 bits per heavy atom. The van der Waals surface area contributed by atoms with E-state index in [4.69, 9.17) is 14.5 Å². The number of hydrogen-bond acceptors (Lipinski definition) is 8. The van der Waals surface area contributed by atoms with Crippen LogP contribution in [-0.4, -0.2) is 47.8 Å². The average Bonchev–Trinajstić information content (AvgIpc) is 3.68. The highest BCUT2D eigenvalue weighted by Gasteiger charge is 2.38. The number of ether oxygens (including phenoxy) is 2. The fraction of sp³-hybridized carbons (Fsp3) is 0.400. The number of hydrogen-bond donors (Lipinski definition) is 3. The molecule has 1 atom stereocenters. The zero-order chi connectivity index (χ0) is 28.7. The molecule has 1 saturated carbocycles. The number of fused-ring (bicyclic) bond motifs is 1. The Kier molecular flexibility index (Phi) is 7.10. The second-order valence-corrected chi connectivity index (χ2v) is 11.5. The van der Waals surface area contributed by atoms with Crippen molar-refractivity contribution in [1.82, 2.24) is 15.3 Å². The summed E-state index contributed by atoms with van der Waals surface area (Å²) in [5.41, 5.74) is 3.31. The molecule has 0 radical (unpaired) electrons. The molecule has 1 aliphatic carbocycles. The number of halogens is 1. The molecule has 1 aliphatic heterocycles. The molecule has 1 unspecified atom stereocenters. The fourth-order valence-electron chi connectivity index (χ4n) is 4.55. The largest absolute Gasteiger partial charge is 0.488 e. The van der Waals surface area contributed by atoms with Crippen LogP contribution in [0.25, 0.3) is 11.3 Å². The van der Waals surface area contributed by atoms with Gasteiger partial charge in [-0.1, -0.05) is 6.92 Å². The molecule has 3 N–H and O–H groups in total. The van der Waals surface area contributed by atoms with E-state index >= 15 is 0 Å². The topological polar surface area (TPSA) is 121 Å². The van der Waals surface area contributed by atoms with E-state index < -0.39 is 11.7 Å². The van der Waals surface area contributed by atoms with Crippen LogP contribution in [0.1, 0.15) is 62.0 Å². The maximum Gasteiger partial charge on any atom is 0.254 e. The highest BCUT2D eigenvalue weighted by Crippen LogP contribution is 2.42. The summed E-state index contributed by atoms with van der Waals surface area (Å²) >= 11 is 0. The lowest BCUT2D eigenvalue weighted by molar-refractivity contribution is -0.0247. The SMILES string of the molecule is CNC(=O)c1cc(Nc2nccc(-c3cc(C#N)c4c(c3)C(C)(COC(C)(C)C)CN4)n2)c(OC2CC2)cc1F. The zero-order valence-corrected chi connectivity index (χ0v) is 23.3. The number of benzene rings is 2. The van der Waals surface area contributed by atoms with Crippen molar-refractivity contribution in [2.45, 2.75) is 57.7 Å². The Hall–Kier alpha value is -4.23. The van der Waals surface area contributed by atoms with Crippen LogP contribution in [0.4, 0.5) is 21.7 Å². The van der Waals surface area contributed by atoms with E-state index in [0.717, 1.165) is 29.7 Å². The van der Waals surface area contributed by atoms with Crippen LogP contribution in [0.15, 0.2) is 36.5 Å². The van der Waals surface area contributed by atoms with Gasteiger partial charge in [0.2, 0.25) is 5.95 Å². The molecule has 3 aromatic rings. The van der Waals surface area contributed by atoms with Gasteiger partial charge in [0.25, 0.3) is 5.91 Å². The van der Waals surface area contributed by atoms with E-state index in [2.05, 4.69) is 33.9 Å². The smallest absolute Gasteiger partial charge is 0.254 e. The lowest BCUT2D eigenvalue weighted by atomic mass is 9.83. The Morgan fingerprint density at radius 2 is 2.05 bits per heavy atom. The molecule has 1 fully saturated rings. The van der Waals surface area contributed by atoms with Crippen LogP contribution in [0.2, 0.25) is 0 Å². The lowest BCUT2D eigenvalue weighted by Gasteiger charge is -2.29. The normalized spacial score (nSPS) is 17.9. The summed E-state index contributed by atoms with van der Waals surface area (Å²) in [7, 11) is 1.44. The Balaban J connectivity index is 1.50. The molecule has 2 heterocycles. The van der Waals surface area contributed by atoms with Crippen LogP contribution in [0.5, 0.6) is 5.75 Å². The summed E-state index contributed by atoms with van der Waals surface area (Å²) in [6, 6.07) is 10.5. The third-order valence-corrected chi connectivity index (χ3v) is 6.94. The monoisotopic (exact) mass is 544 g/mol. The predicted octanol–water partition coefficient (Wildman–Crippen LogP) is 5.30. The van der Waals surface area contributed by atoms with Crippen LogP contribution in [-0.2, 0) is 10.2 Å². The first kappa shape index (κ1) is 27.3. The van der Waals surface area contributed by atoms with Crippen molar-refractivity contribution in [1.29, 1.82) is 5.26 Å². The third kappa shape index (κ3) is 5.70. The van der Waals surface area contributed by atoms with Crippen LogP contribution in [0, 0.1) is 17.1 Å². The molecule has 0 bridgehead atoms. The van der Waals surface area contributed by atoms with E-state index in [9.17, 15) is 14.4 Å². The summed E-state index contributed by atoms with van der Waals surface area (Å²) < 4.78 is 26.7. The number of nitrogens with one attached hydrogen (secondary N) is 3. The molecule has 10 heteroatoms. The quantitative estimate of drug-likeness (QED) is 0.350. The molecule has 2 aromatic carbocycles. The van der Waals surface area contributed by atoms with Crippen molar-refractivity contribution >= 4 is 23.2 Å². The van der Waals surface area contributed by atoms with Gasteiger partial charge in [-0.3, -0.25) is 4.79 Å². The summed E-state index contributed by atoms with van der Waals surface area (Å²) in [4.78, 5) is 21.3. The molecule has 2 aliphatic rings. The van der Waals surface area contributed by atoms with Crippen LogP contribution < -0.4 is 20.7 Å². The Labute approximate surface area is 233 Å². The number of nitrogens with zero attached hydrogens (tertiary/aromatic N) is 3. The number of nitriles is 1. The molecule has 1 aromatic heterocycles. The van der Waals surface area contributed by atoms with Gasteiger partial charge in [0.1, 0.15) is 17.6 Å². The van der Waals surface area contributed by atoms with Crippen molar-refractivity contribution in [3.63, 3.8) is 0 Å². The van der Waals surface area contributed by atoms with Crippen molar-refractivity contribution in [2.24, 2.45) is 0 Å². The molecular weight excluding hydrogens is 511 g/mol. The first-order valence-corrected chi connectivity index (χ1v) is 13.3.